The second kappa shape index (κ2) is 4.75. The first-order valence-corrected chi connectivity index (χ1v) is 4.53. The van der Waals surface area contributed by atoms with Gasteiger partial charge >= 0.3 is 5.97 Å². The Hall–Kier alpha value is -1.62. The topological polar surface area (TPSA) is 80.4 Å². The molecule has 0 aliphatic rings. The molecule has 0 aliphatic carbocycles. The largest absolute Gasteiger partial charge is 0.481 e. The summed E-state index contributed by atoms with van der Waals surface area (Å²) in [7, 11) is 0. The summed E-state index contributed by atoms with van der Waals surface area (Å²) < 4.78 is 0. The lowest BCUT2D eigenvalue weighted by Gasteiger charge is -2.01. The van der Waals surface area contributed by atoms with Crippen molar-refractivity contribution in [2.24, 2.45) is 0 Å². The van der Waals surface area contributed by atoms with Gasteiger partial charge in [-0.1, -0.05) is 11.6 Å². The second-order valence-electron chi connectivity index (χ2n) is 2.92. The first kappa shape index (κ1) is 11.5. The van der Waals surface area contributed by atoms with Gasteiger partial charge in [0, 0.05) is 23.1 Å². The molecule has 1 N–H and O–H groups in total. The van der Waals surface area contributed by atoms with Crippen LogP contribution in [0.1, 0.15) is 12.0 Å². The van der Waals surface area contributed by atoms with E-state index < -0.39 is 10.9 Å². The van der Waals surface area contributed by atoms with Crippen molar-refractivity contribution in [1.82, 2.24) is 0 Å². The molecule has 0 aromatic heterocycles. The van der Waals surface area contributed by atoms with Crippen LogP contribution in [-0.2, 0) is 11.2 Å². The van der Waals surface area contributed by atoms with E-state index in [2.05, 4.69) is 0 Å². The summed E-state index contributed by atoms with van der Waals surface area (Å²) in [6, 6.07) is 4.10. The Morgan fingerprint density at radius 2 is 2.20 bits per heavy atom. The molecule has 1 aromatic carbocycles. The van der Waals surface area contributed by atoms with E-state index in [1.54, 1.807) is 0 Å². The molecule has 0 unspecified atom stereocenters. The molecule has 15 heavy (non-hydrogen) atoms. The Morgan fingerprint density at radius 1 is 1.53 bits per heavy atom. The van der Waals surface area contributed by atoms with Crippen LogP contribution in [0.4, 0.5) is 5.69 Å². The van der Waals surface area contributed by atoms with Gasteiger partial charge in [-0.25, -0.2) is 0 Å². The number of aliphatic carboxylic acids is 1. The fourth-order valence-corrected chi connectivity index (χ4v) is 1.37. The molecular weight excluding hydrogens is 222 g/mol. The summed E-state index contributed by atoms with van der Waals surface area (Å²) in [6.45, 7) is 0. The van der Waals surface area contributed by atoms with Crippen LogP contribution in [0.2, 0.25) is 5.02 Å². The van der Waals surface area contributed by atoms with E-state index in [1.165, 1.54) is 18.2 Å². The molecule has 0 heterocycles. The van der Waals surface area contributed by atoms with Crippen molar-refractivity contribution in [3.05, 3.63) is 38.9 Å². The Kier molecular flexibility index (Phi) is 3.62. The van der Waals surface area contributed by atoms with Gasteiger partial charge in [-0.05, 0) is 18.6 Å². The number of carbonyl (C=O) groups is 1. The van der Waals surface area contributed by atoms with E-state index in [4.69, 9.17) is 16.7 Å². The van der Waals surface area contributed by atoms with Gasteiger partial charge in [0.15, 0.2) is 0 Å². The third-order valence-electron chi connectivity index (χ3n) is 1.85. The highest BCUT2D eigenvalue weighted by atomic mass is 35.5. The first-order valence-electron chi connectivity index (χ1n) is 4.15. The number of rotatable bonds is 4. The maximum absolute atomic E-state index is 10.6. The molecule has 0 spiro atoms. The van der Waals surface area contributed by atoms with E-state index in [0.717, 1.165) is 0 Å². The number of benzene rings is 1. The van der Waals surface area contributed by atoms with Crippen LogP contribution in [0.25, 0.3) is 0 Å². The minimum atomic E-state index is -0.996. The number of aryl methyl sites for hydroxylation is 1. The van der Waals surface area contributed by atoms with Crippen molar-refractivity contribution in [1.29, 1.82) is 0 Å². The molecule has 1 rings (SSSR count). The third kappa shape index (κ3) is 3.21. The van der Waals surface area contributed by atoms with E-state index >= 15 is 0 Å². The van der Waals surface area contributed by atoms with Crippen molar-refractivity contribution in [3.63, 3.8) is 0 Å². The molecule has 0 aliphatic heterocycles. The minimum Gasteiger partial charge on any atom is -0.481 e. The highest BCUT2D eigenvalue weighted by Gasteiger charge is 2.14. The molecule has 1 aromatic rings. The van der Waals surface area contributed by atoms with Gasteiger partial charge in [-0.2, -0.15) is 0 Å². The molecule has 0 amide bonds. The van der Waals surface area contributed by atoms with Gasteiger partial charge in [0.1, 0.15) is 0 Å². The highest BCUT2D eigenvalue weighted by molar-refractivity contribution is 6.30. The summed E-state index contributed by atoms with van der Waals surface area (Å²) in [5.74, 6) is -0.996. The normalized spacial score (nSPS) is 9.93. The average Bonchev–Trinajstić information content (AvgIpc) is 2.14. The maximum atomic E-state index is 10.6. The van der Waals surface area contributed by atoms with Crippen molar-refractivity contribution in [2.45, 2.75) is 12.8 Å². The summed E-state index contributed by atoms with van der Waals surface area (Å²) in [5, 5.41) is 19.4. The molecule has 0 radical (unpaired) electrons. The van der Waals surface area contributed by atoms with E-state index in [-0.39, 0.29) is 18.5 Å². The van der Waals surface area contributed by atoms with Gasteiger partial charge < -0.3 is 5.11 Å². The zero-order chi connectivity index (χ0) is 11.4. The molecule has 0 saturated heterocycles. The second-order valence-corrected chi connectivity index (χ2v) is 3.36. The average molecular weight is 230 g/mol. The number of hydrogen-bond acceptors (Lipinski definition) is 3. The molecule has 0 saturated carbocycles. The molecule has 0 bridgehead atoms. The number of halogens is 1. The maximum Gasteiger partial charge on any atom is 0.303 e. The fraction of sp³-hybridized carbons (Fsp3) is 0.222. The van der Waals surface area contributed by atoms with Crippen LogP contribution in [0.5, 0.6) is 0 Å². The van der Waals surface area contributed by atoms with Crippen molar-refractivity contribution < 1.29 is 14.8 Å². The van der Waals surface area contributed by atoms with Crippen LogP contribution in [-0.4, -0.2) is 16.0 Å². The lowest BCUT2D eigenvalue weighted by Crippen LogP contribution is -2.00. The smallest absolute Gasteiger partial charge is 0.303 e. The Morgan fingerprint density at radius 3 is 2.73 bits per heavy atom. The van der Waals surface area contributed by atoms with Gasteiger partial charge in [0.05, 0.1) is 4.92 Å². The van der Waals surface area contributed by atoms with Gasteiger partial charge in [-0.15, -0.1) is 0 Å². The number of carboxylic acid groups (broad SMARTS) is 1. The molecule has 80 valence electrons. The van der Waals surface area contributed by atoms with E-state index in [0.29, 0.717) is 10.6 Å². The Balaban J connectivity index is 2.96. The van der Waals surface area contributed by atoms with Gasteiger partial charge in [0.2, 0.25) is 0 Å². The SMILES string of the molecule is O=C(O)CCc1cc(Cl)ccc1[N+](=O)[O-]. The first-order chi connectivity index (χ1) is 7.00. The molecule has 5 nitrogen and oxygen atoms in total. The number of hydrogen-bond donors (Lipinski definition) is 1. The Labute approximate surface area is 90.4 Å². The minimum absolute atomic E-state index is 0.0966. The standard InChI is InChI=1S/C9H8ClNO4/c10-7-2-3-8(11(14)15)6(5-7)1-4-9(12)13/h2-3,5H,1,4H2,(H,12,13). The van der Waals surface area contributed by atoms with Crippen molar-refractivity contribution in [2.75, 3.05) is 0 Å². The number of nitro benzene ring substituents is 1. The summed E-state index contributed by atoms with van der Waals surface area (Å²) in [4.78, 5) is 20.4. The number of nitro groups is 1. The summed E-state index contributed by atoms with van der Waals surface area (Å²) >= 11 is 5.67. The van der Waals surface area contributed by atoms with Crippen molar-refractivity contribution in [3.8, 4) is 0 Å². The lowest BCUT2D eigenvalue weighted by molar-refractivity contribution is -0.385. The van der Waals surface area contributed by atoms with Crippen LogP contribution in [0.3, 0.4) is 0 Å². The van der Waals surface area contributed by atoms with Crippen LogP contribution >= 0.6 is 11.6 Å². The highest BCUT2D eigenvalue weighted by Crippen LogP contribution is 2.23. The summed E-state index contributed by atoms with van der Waals surface area (Å²) in [5.41, 5.74) is 0.246. The number of nitrogens with zero attached hydrogens (tertiary/aromatic N) is 1. The van der Waals surface area contributed by atoms with Gasteiger partial charge in [0.25, 0.3) is 5.69 Å². The summed E-state index contributed by atoms with van der Waals surface area (Å²) in [6.07, 6.45) is -0.0482. The Bertz CT molecular complexity index is 405. The third-order valence-corrected chi connectivity index (χ3v) is 2.08. The van der Waals surface area contributed by atoms with E-state index in [9.17, 15) is 14.9 Å². The lowest BCUT2D eigenvalue weighted by atomic mass is 10.1. The predicted molar refractivity (Wildman–Crippen MR) is 54.1 cm³/mol. The monoisotopic (exact) mass is 229 g/mol. The fourth-order valence-electron chi connectivity index (χ4n) is 1.17. The van der Waals surface area contributed by atoms with Gasteiger partial charge in [-0.3, -0.25) is 14.9 Å². The molecule has 0 fully saturated rings. The zero-order valence-corrected chi connectivity index (χ0v) is 8.40. The quantitative estimate of drug-likeness (QED) is 0.634. The van der Waals surface area contributed by atoms with Crippen LogP contribution < -0.4 is 0 Å². The van der Waals surface area contributed by atoms with Crippen molar-refractivity contribution >= 4 is 23.3 Å². The number of carboxylic acids is 1. The van der Waals surface area contributed by atoms with E-state index in [1.807, 2.05) is 0 Å². The zero-order valence-electron chi connectivity index (χ0n) is 7.64. The predicted octanol–water partition coefficient (Wildman–Crippen LogP) is 2.27. The molecule has 6 heteroatoms. The molecular formula is C9H8ClNO4. The van der Waals surface area contributed by atoms with Crippen LogP contribution in [0, 0.1) is 10.1 Å². The molecule has 0 atom stereocenters. The van der Waals surface area contributed by atoms with Crippen LogP contribution in [0.15, 0.2) is 18.2 Å².